The highest BCUT2D eigenvalue weighted by molar-refractivity contribution is 9.11. The fourth-order valence-electron chi connectivity index (χ4n) is 1.76. The second-order valence-electron chi connectivity index (χ2n) is 4.19. The summed E-state index contributed by atoms with van der Waals surface area (Å²) in [6, 6.07) is 3.33. The third-order valence-corrected chi connectivity index (χ3v) is 4.30. The van der Waals surface area contributed by atoms with Crippen LogP contribution in [0.4, 0.5) is 10.2 Å². The lowest BCUT2D eigenvalue weighted by Crippen LogP contribution is -2.27. The van der Waals surface area contributed by atoms with Crippen LogP contribution in [0.1, 0.15) is 15.9 Å². The molecule has 2 rings (SSSR count). The fourth-order valence-corrected chi connectivity index (χ4v) is 2.96. The molecule has 2 heterocycles. The molecule has 20 heavy (non-hydrogen) atoms. The van der Waals surface area contributed by atoms with Crippen molar-refractivity contribution in [1.29, 1.82) is 0 Å². The molecule has 0 spiro atoms. The number of aromatic nitrogens is 1. The quantitative estimate of drug-likeness (QED) is 0.912. The summed E-state index contributed by atoms with van der Waals surface area (Å²) in [7, 11) is 3.21. The highest BCUT2D eigenvalue weighted by Gasteiger charge is 2.19. The standard InChI is InChI=1S/C13H13BrFN3OS/c1-16-12-11(15)9(3-4-17-12)13(19)18(2)6-8-5-10(14)20-7-8/h3-5,7H,6H2,1-2H3,(H,16,17). The van der Waals surface area contributed by atoms with Gasteiger partial charge in [-0.3, -0.25) is 4.79 Å². The van der Waals surface area contributed by atoms with E-state index < -0.39 is 5.82 Å². The largest absolute Gasteiger partial charge is 0.371 e. The van der Waals surface area contributed by atoms with Crippen LogP contribution in [0.25, 0.3) is 0 Å². The third-order valence-electron chi connectivity index (χ3n) is 2.74. The van der Waals surface area contributed by atoms with Gasteiger partial charge in [0.1, 0.15) is 0 Å². The Labute approximate surface area is 128 Å². The number of hydrogen-bond donors (Lipinski definition) is 1. The molecular weight excluding hydrogens is 345 g/mol. The van der Waals surface area contributed by atoms with Crippen LogP contribution in [-0.4, -0.2) is 29.9 Å². The van der Waals surface area contributed by atoms with Crippen LogP contribution in [0.3, 0.4) is 0 Å². The zero-order valence-electron chi connectivity index (χ0n) is 11.0. The minimum absolute atomic E-state index is 0.0149. The van der Waals surface area contributed by atoms with E-state index in [1.165, 1.54) is 17.2 Å². The van der Waals surface area contributed by atoms with Gasteiger partial charge in [-0.05, 0) is 39.0 Å². The number of carbonyl (C=O) groups is 1. The van der Waals surface area contributed by atoms with Crippen molar-refractivity contribution < 1.29 is 9.18 Å². The van der Waals surface area contributed by atoms with Crippen molar-refractivity contribution in [2.75, 3.05) is 19.4 Å². The maximum atomic E-state index is 14.0. The number of hydrogen-bond acceptors (Lipinski definition) is 4. The Morgan fingerprint density at radius 1 is 1.60 bits per heavy atom. The molecule has 0 aromatic carbocycles. The highest BCUT2D eigenvalue weighted by atomic mass is 79.9. The van der Waals surface area contributed by atoms with Crippen LogP contribution >= 0.6 is 27.3 Å². The van der Waals surface area contributed by atoms with E-state index in [1.54, 1.807) is 25.4 Å². The lowest BCUT2D eigenvalue weighted by molar-refractivity contribution is 0.0780. The summed E-state index contributed by atoms with van der Waals surface area (Å²) < 4.78 is 15.0. The van der Waals surface area contributed by atoms with Gasteiger partial charge in [0.25, 0.3) is 5.91 Å². The van der Waals surface area contributed by atoms with Crippen molar-refractivity contribution in [3.8, 4) is 0 Å². The predicted molar refractivity (Wildman–Crippen MR) is 81.6 cm³/mol. The molecule has 0 aliphatic carbocycles. The first-order chi connectivity index (χ1) is 9.52. The summed E-state index contributed by atoms with van der Waals surface area (Å²) >= 11 is 4.92. The predicted octanol–water partition coefficient (Wildman–Crippen LogP) is 3.36. The van der Waals surface area contributed by atoms with Gasteiger partial charge in [0.05, 0.1) is 9.35 Å². The van der Waals surface area contributed by atoms with Crippen LogP contribution in [-0.2, 0) is 6.54 Å². The number of amides is 1. The third kappa shape index (κ3) is 3.16. The summed E-state index contributed by atoms with van der Waals surface area (Å²) in [5.41, 5.74) is 1.02. The van der Waals surface area contributed by atoms with E-state index in [2.05, 4.69) is 26.2 Å². The molecule has 106 valence electrons. The lowest BCUT2D eigenvalue weighted by atomic mass is 10.2. The number of rotatable bonds is 4. The van der Waals surface area contributed by atoms with Gasteiger partial charge < -0.3 is 10.2 Å². The maximum absolute atomic E-state index is 14.0. The van der Waals surface area contributed by atoms with Gasteiger partial charge in [0, 0.05) is 26.8 Å². The minimum Gasteiger partial charge on any atom is -0.371 e. The van der Waals surface area contributed by atoms with Gasteiger partial charge >= 0.3 is 0 Å². The monoisotopic (exact) mass is 357 g/mol. The Hall–Kier alpha value is -1.47. The molecule has 0 radical (unpaired) electrons. The number of pyridine rings is 1. The SMILES string of the molecule is CNc1nccc(C(=O)N(C)Cc2csc(Br)c2)c1F. The van der Waals surface area contributed by atoms with Gasteiger partial charge in [0.2, 0.25) is 0 Å². The molecule has 1 amide bonds. The molecule has 1 N–H and O–H groups in total. The number of nitrogens with one attached hydrogen (secondary N) is 1. The molecule has 7 heteroatoms. The van der Waals surface area contributed by atoms with Crippen molar-refractivity contribution >= 4 is 39.0 Å². The summed E-state index contributed by atoms with van der Waals surface area (Å²) in [6.07, 6.45) is 1.41. The number of carbonyl (C=O) groups excluding carboxylic acids is 1. The van der Waals surface area contributed by atoms with Gasteiger partial charge in [-0.1, -0.05) is 0 Å². The molecule has 2 aromatic rings. The van der Waals surface area contributed by atoms with Crippen molar-refractivity contribution in [2.24, 2.45) is 0 Å². The Bertz CT molecular complexity index is 632. The van der Waals surface area contributed by atoms with Crippen molar-refractivity contribution in [3.63, 3.8) is 0 Å². The van der Waals surface area contributed by atoms with E-state index in [1.807, 2.05) is 11.4 Å². The number of halogens is 2. The van der Waals surface area contributed by atoms with Crippen LogP contribution in [0.5, 0.6) is 0 Å². The molecular formula is C13H13BrFN3OS. The topological polar surface area (TPSA) is 45.2 Å². The Morgan fingerprint density at radius 2 is 2.35 bits per heavy atom. The molecule has 0 unspecified atom stereocenters. The molecule has 0 atom stereocenters. The summed E-state index contributed by atoms with van der Waals surface area (Å²) in [5, 5.41) is 4.58. The molecule has 0 aliphatic rings. The summed E-state index contributed by atoms with van der Waals surface area (Å²) in [6.45, 7) is 0.428. The molecule has 4 nitrogen and oxygen atoms in total. The summed E-state index contributed by atoms with van der Waals surface area (Å²) in [4.78, 5) is 17.6. The van der Waals surface area contributed by atoms with Crippen molar-refractivity contribution in [2.45, 2.75) is 6.54 Å². The van der Waals surface area contributed by atoms with E-state index in [0.29, 0.717) is 6.54 Å². The van der Waals surface area contributed by atoms with Gasteiger partial charge in [-0.15, -0.1) is 11.3 Å². The first kappa shape index (κ1) is 14.9. The molecule has 0 aliphatic heterocycles. The van der Waals surface area contributed by atoms with Gasteiger partial charge in [-0.2, -0.15) is 0 Å². The second-order valence-corrected chi connectivity index (χ2v) is 6.48. The van der Waals surface area contributed by atoms with Crippen LogP contribution in [0, 0.1) is 5.82 Å². The zero-order valence-corrected chi connectivity index (χ0v) is 13.4. The van der Waals surface area contributed by atoms with Gasteiger partial charge in [0.15, 0.2) is 11.6 Å². The average Bonchev–Trinajstić information content (AvgIpc) is 2.83. The highest BCUT2D eigenvalue weighted by Crippen LogP contribution is 2.22. The van der Waals surface area contributed by atoms with Gasteiger partial charge in [-0.25, -0.2) is 9.37 Å². The zero-order chi connectivity index (χ0) is 14.7. The second kappa shape index (κ2) is 6.32. The number of nitrogens with zero attached hydrogens (tertiary/aromatic N) is 2. The maximum Gasteiger partial charge on any atom is 0.257 e. The number of thiophene rings is 1. The van der Waals surface area contributed by atoms with Crippen LogP contribution < -0.4 is 5.32 Å². The molecule has 2 aromatic heterocycles. The van der Waals surface area contributed by atoms with E-state index in [9.17, 15) is 9.18 Å². The Kier molecular flexibility index (Phi) is 4.72. The lowest BCUT2D eigenvalue weighted by Gasteiger charge is -2.17. The van der Waals surface area contributed by atoms with E-state index in [-0.39, 0.29) is 17.3 Å². The summed E-state index contributed by atoms with van der Waals surface area (Å²) in [5.74, 6) is -0.926. The first-order valence-corrected chi connectivity index (χ1v) is 7.51. The Balaban J connectivity index is 2.18. The average molecular weight is 358 g/mol. The molecule has 0 fully saturated rings. The van der Waals surface area contributed by atoms with E-state index in [4.69, 9.17) is 0 Å². The van der Waals surface area contributed by atoms with E-state index >= 15 is 0 Å². The van der Waals surface area contributed by atoms with Crippen molar-refractivity contribution in [1.82, 2.24) is 9.88 Å². The minimum atomic E-state index is -0.627. The first-order valence-electron chi connectivity index (χ1n) is 5.83. The smallest absolute Gasteiger partial charge is 0.257 e. The van der Waals surface area contributed by atoms with E-state index in [0.717, 1.165) is 9.35 Å². The van der Waals surface area contributed by atoms with Crippen LogP contribution in [0.2, 0.25) is 0 Å². The molecule has 0 saturated carbocycles. The number of anilines is 1. The fraction of sp³-hybridized carbons (Fsp3) is 0.231. The molecule has 0 saturated heterocycles. The van der Waals surface area contributed by atoms with Crippen LogP contribution in [0.15, 0.2) is 27.5 Å². The van der Waals surface area contributed by atoms with Crippen molar-refractivity contribution in [3.05, 3.63) is 44.4 Å². The molecule has 0 bridgehead atoms. The Morgan fingerprint density at radius 3 is 2.95 bits per heavy atom. The normalized spacial score (nSPS) is 10.4.